The summed E-state index contributed by atoms with van der Waals surface area (Å²) in [7, 11) is 0. The molecule has 0 radical (unpaired) electrons. The average Bonchev–Trinajstić information content (AvgIpc) is 2.59. The molecular formula is C11H16O2S. The van der Waals surface area contributed by atoms with E-state index in [4.69, 9.17) is 4.42 Å². The van der Waals surface area contributed by atoms with E-state index in [0.717, 1.165) is 17.1 Å². The first-order valence-corrected chi connectivity index (χ1v) is 5.87. The van der Waals surface area contributed by atoms with Gasteiger partial charge in [-0.1, -0.05) is 6.92 Å². The van der Waals surface area contributed by atoms with Crippen molar-refractivity contribution in [3.63, 3.8) is 0 Å². The summed E-state index contributed by atoms with van der Waals surface area (Å²) in [4.78, 5) is 11.3. The number of carbonyl (C=O) groups excluding carboxylic acids is 1. The second kappa shape index (κ2) is 5.25. The van der Waals surface area contributed by atoms with Gasteiger partial charge >= 0.3 is 0 Å². The van der Waals surface area contributed by atoms with Gasteiger partial charge in [0.15, 0.2) is 0 Å². The molecule has 1 aromatic heterocycles. The highest BCUT2D eigenvalue weighted by atomic mass is 32.2. The number of Topliss-reactive ketones (excluding diaryl/α,β-unsaturated/α-hetero) is 1. The van der Waals surface area contributed by atoms with Gasteiger partial charge in [0.1, 0.15) is 11.5 Å². The molecule has 0 bridgehead atoms. The Balaban J connectivity index is 2.41. The fraction of sp³-hybridized carbons (Fsp3) is 0.545. The van der Waals surface area contributed by atoms with Gasteiger partial charge in [-0.2, -0.15) is 0 Å². The van der Waals surface area contributed by atoms with Gasteiger partial charge < -0.3 is 4.42 Å². The molecule has 0 amide bonds. The Morgan fingerprint density at radius 3 is 2.86 bits per heavy atom. The maximum Gasteiger partial charge on any atom is 0.145 e. The van der Waals surface area contributed by atoms with Crippen LogP contribution in [0.5, 0.6) is 0 Å². The normalized spacial score (nSPS) is 12.8. The smallest absolute Gasteiger partial charge is 0.145 e. The van der Waals surface area contributed by atoms with Crippen LogP contribution in [0.15, 0.2) is 16.7 Å². The minimum atomic E-state index is 0.0736. The first-order valence-electron chi connectivity index (χ1n) is 4.82. The minimum absolute atomic E-state index is 0.0736. The monoisotopic (exact) mass is 212 g/mol. The molecule has 0 saturated heterocycles. The third kappa shape index (κ3) is 2.91. The summed E-state index contributed by atoms with van der Waals surface area (Å²) < 4.78 is 5.30. The zero-order valence-corrected chi connectivity index (χ0v) is 9.69. The molecule has 0 spiro atoms. The molecule has 0 fully saturated rings. The van der Waals surface area contributed by atoms with Gasteiger partial charge in [-0.15, -0.1) is 11.8 Å². The molecule has 0 saturated carbocycles. The van der Waals surface area contributed by atoms with Crippen LogP contribution < -0.4 is 0 Å². The third-order valence-electron chi connectivity index (χ3n) is 2.23. The lowest BCUT2D eigenvalue weighted by molar-refractivity contribution is -0.117. The molecular weight excluding hydrogens is 196 g/mol. The molecule has 0 aliphatic heterocycles. The first-order chi connectivity index (χ1) is 6.65. The van der Waals surface area contributed by atoms with Crippen LogP contribution in [0, 0.1) is 6.92 Å². The molecule has 1 aromatic rings. The average molecular weight is 212 g/mol. The van der Waals surface area contributed by atoms with Crippen molar-refractivity contribution in [1.29, 1.82) is 0 Å². The summed E-state index contributed by atoms with van der Waals surface area (Å²) in [5.74, 6) is 2.07. The molecule has 0 aromatic carbocycles. The van der Waals surface area contributed by atoms with Crippen molar-refractivity contribution in [2.75, 3.05) is 0 Å². The topological polar surface area (TPSA) is 30.2 Å². The van der Waals surface area contributed by atoms with Crippen LogP contribution in [-0.4, -0.2) is 11.0 Å². The standard InChI is InChI=1S/C11H16O2S/c1-4-10(12)9(3)14-7-11-8(2)5-6-13-11/h5-6,9H,4,7H2,1-3H3. The van der Waals surface area contributed by atoms with Crippen LogP contribution in [0.1, 0.15) is 31.6 Å². The maximum atomic E-state index is 11.3. The lowest BCUT2D eigenvalue weighted by Gasteiger charge is -2.07. The molecule has 78 valence electrons. The molecule has 3 heteroatoms. The number of hydrogen-bond donors (Lipinski definition) is 0. The number of thioether (sulfide) groups is 1. The Hall–Kier alpha value is -0.700. The van der Waals surface area contributed by atoms with E-state index >= 15 is 0 Å². The Morgan fingerprint density at radius 2 is 2.36 bits per heavy atom. The Bertz CT molecular complexity index is 304. The minimum Gasteiger partial charge on any atom is -0.468 e. The summed E-state index contributed by atoms with van der Waals surface area (Å²) in [6, 6.07) is 1.95. The number of aryl methyl sites for hydroxylation is 1. The van der Waals surface area contributed by atoms with Crippen molar-refractivity contribution < 1.29 is 9.21 Å². The van der Waals surface area contributed by atoms with E-state index in [1.807, 2.05) is 26.8 Å². The Labute approximate surface area is 89.1 Å². The van der Waals surface area contributed by atoms with E-state index in [9.17, 15) is 4.79 Å². The van der Waals surface area contributed by atoms with Crippen LogP contribution in [-0.2, 0) is 10.5 Å². The van der Waals surface area contributed by atoms with E-state index in [1.165, 1.54) is 0 Å². The van der Waals surface area contributed by atoms with E-state index in [-0.39, 0.29) is 5.25 Å². The predicted octanol–water partition coefficient (Wildman–Crippen LogP) is 3.19. The lowest BCUT2D eigenvalue weighted by Crippen LogP contribution is -2.11. The third-order valence-corrected chi connectivity index (χ3v) is 3.43. The first kappa shape index (κ1) is 11.4. The number of furan rings is 1. The van der Waals surface area contributed by atoms with Crippen LogP contribution in [0.2, 0.25) is 0 Å². The van der Waals surface area contributed by atoms with E-state index < -0.39 is 0 Å². The van der Waals surface area contributed by atoms with Gasteiger partial charge in [0.25, 0.3) is 0 Å². The molecule has 1 rings (SSSR count). The van der Waals surface area contributed by atoms with Crippen molar-refractivity contribution in [1.82, 2.24) is 0 Å². The lowest BCUT2D eigenvalue weighted by atomic mass is 10.2. The van der Waals surface area contributed by atoms with Crippen molar-refractivity contribution in [2.24, 2.45) is 0 Å². The number of rotatable bonds is 5. The maximum absolute atomic E-state index is 11.3. The quantitative estimate of drug-likeness (QED) is 0.751. The van der Waals surface area contributed by atoms with Crippen molar-refractivity contribution >= 4 is 17.5 Å². The summed E-state index contributed by atoms with van der Waals surface area (Å²) in [6.07, 6.45) is 2.31. The van der Waals surface area contributed by atoms with Crippen molar-refractivity contribution in [3.8, 4) is 0 Å². The van der Waals surface area contributed by atoms with Crippen LogP contribution in [0.4, 0.5) is 0 Å². The van der Waals surface area contributed by atoms with E-state index in [0.29, 0.717) is 12.2 Å². The summed E-state index contributed by atoms with van der Waals surface area (Å²) in [5.41, 5.74) is 1.16. The van der Waals surface area contributed by atoms with Gasteiger partial charge in [-0.25, -0.2) is 0 Å². The molecule has 1 heterocycles. The number of carbonyl (C=O) groups is 1. The largest absolute Gasteiger partial charge is 0.468 e. The second-order valence-corrected chi connectivity index (χ2v) is 4.63. The zero-order valence-electron chi connectivity index (χ0n) is 8.87. The predicted molar refractivity (Wildman–Crippen MR) is 59.5 cm³/mol. The van der Waals surface area contributed by atoms with Gasteiger partial charge in [-0.05, 0) is 25.5 Å². The van der Waals surface area contributed by atoms with Gasteiger partial charge in [-0.3, -0.25) is 4.79 Å². The van der Waals surface area contributed by atoms with E-state index in [1.54, 1.807) is 18.0 Å². The molecule has 2 nitrogen and oxygen atoms in total. The molecule has 14 heavy (non-hydrogen) atoms. The summed E-state index contributed by atoms with van der Waals surface area (Å²) in [5, 5.41) is 0.0736. The van der Waals surface area contributed by atoms with Crippen LogP contribution in [0.3, 0.4) is 0 Å². The molecule has 1 atom stereocenters. The summed E-state index contributed by atoms with van der Waals surface area (Å²) in [6.45, 7) is 5.87. The van der Waals surface area contributed by atoms with Gasteiger partial charge in [0, 0.05) is 6.42 Å². The van der Waals surface area contributed by atoms with Gasteiger partial charge in [0.05, 0.1) is 17.3 Å². The highest BCUT2D eigenvalue weighted by molar-refractivity contribution is 7.99. The fourth-order valence-electron chi connectivity index (χ4n) is 1.13. The molecule has 0 aliphatic carbocycles. The second-order valence-electron chi connectivity index (χ2n) is 3.30. The number of hydrogen-bond acceptors (Lipinski definition) is 3. The fourth-order valence-corrected chi connectivity index (χ4v) is 2.18. The van der Waals surface area contributed by atoms with Gasteiger partial charge in [0.2, 0.25) is 0 Å². The van der Waals surface area contributed by atoms with E-state index in [2.05, 4.69) is 0 Å². The highest BCUT2D eigenvalue weighted by Crippen LogP contribution is 2.21. The van der Waals surface area contributed by atoms with Crippen LogP contribution >= 0.6 is 11.8 Å². The van der Waals surface area contributed by atoms with Crippen molar-refractivity contribution in [3.05, 3.63) is 23.7 Å². The summed E-state index contributed by atoms with van der Waals surface area (Å²) >= 11 is 1.64. The molecule has 0 N–H and O–H groups in total. The molecule has 0 aliphatic rings. The molecule has 1 unspecified atom stereocenters. The highest BCUT2D eigenvalue weighted by Gasteiger charge is 2.12. The van der Waals surface area contributed by atoms with Crippen molar-refractivity contribution in [2.45, 2.75) is 38.2 Å². The SMILES string of the molecule is CCC(=O)C(C)SCc1occc1C. The Morgan fingerprint density at radius 1 is 1.64 bits per heavy atom. The Kier molecular flexibility index (Phi) is 4.26. The van der Waals surface area contributed by atoms with Crippen LogP contribution in [0.25, 0.3) is 0 Å². The zero-order chi connectivity index (χ0) is 10.6. The number of ketones is 1.